The number of nitrogens with one attached hydrogen (secondary N) is 2. The standard InChI is InChI=1S/C36H37N5O4/c1-21(37-4)34(43)39-33-22(2)41(35(44)26-17-13-24(14-18-26)23(3)42)32-12-8-7-11-31(32)40(36(33)45)20-29-27-9-5-6-10-30(27)38-19-28(29)25-15-16-25/h5-14,17-19,21-22,25,33,37H,15-16,20H2,1-4H3,(H,39,43). The number of aromatic nitrogens is 1. The van der Waals surface area contributed by atoms with Gasteiger partial charge in [0.25, 0.3) is 11.8 Å². The Morgan fingerprint density at radius 1 is 0.933 bits per heavy atom. The Morgan fingerprint density at radius 3 is 2.24 bits per heavy atom. The average Bonchev–Trinajstić information content (AvgIpc) is 3.91. The van der Waals surface area contributed by atoms with Gasteiger partial charge in [0.1, 0.15) is 6.04 Å². The van der Waals surface area contributed by atoms with Gasteiger partial charge >= 0.3 is 0 Å². The van der Waals surface area contributed by atoms with Crippen molar-refractivity contribution < 1.29 is 19.2 Å². The van der Waals surface area contributed by atoms with Crippen molar-refractivity contribution >= 4 is 45.8 Å². The first-order valence-electron chi connectivity index (χ1n) is 15.4. The molecule has 6 rings (SSSR count). The lowest BCUT2D eigenvalue weighted by Crippen LogP contribution is -2.59. The number of para-hydroxylation sites is 3. The zero-order valence-electron chi connectivity index (χ0n) is 25.9. The van der Waals surface area contributed by atoms with E-state index in [0.717, 1.165) is 34.9 Å². The van der Waals surface area contributed by atoms with Gasteiger partial charge in [-0.3, -0.25) is 24.2 Å². The van der Waals surface area contributed by atoms with Crippen molar-refractivity contribution in [3.63, 3.8) is 0 Å². The second kappa shape index (κ2) is 12.2. The number of amides is 3. The van der Waals surface area contributed by atoms with E-state index in [-0.39, 0.29) is 30.0 Å². The van der Waals surface area contributed by atoms with E-state index in [0.29, 0.717) is 28.4 Å². The number of rotatable bonds is 8. The summed E-state index contributed by atoms with van der Waals surface area (Å²) >= 11 is 0. The number of anilines is 2. The lowest BCUT2D eigenvalue weighted by atomic mass is 9.99. The minimum absolute atomic E-state index is 0.0978. The third-order valence-corrected chi connectivity index (χ3v) is 8.99. The molecule has 3 atom stereocenters. The number of hydrogen-bond acceptors (Lipinski definition) is 6. The molecule has 2 N–H and O–H groups in total. The second-order valence-electron chi connectivity index (χ2n) is 11.9. The van der Waals surface area contributed by atoms with Crippen LogP contribution in [0.15, 0.2) is 79.0 Å². The Kier molecular flexibility index (Phi) is 8.20. The van der Waals surface area contributed by atoms with Gasteiger partial charge in [-0.15, -0.1) is 0 Å². The minimum atomic E-state index is -1.04. The van der Waals surface area contributed by atoms with Gasteiger partial charge < -0.3 is 20.4 Å². The topological polar surface area (TPSA) is 112 Å². The maximum absolute atomic E-state index is 14.7. The van der Waals surface area contributed by atoms with Crippen molar-refractivity contribution in [1.29, 1.82) is 0 Å². The van der Waals surface area contributed by atoms with Crippen LogP contribution in [0.4, 0.5) is 11.4 Å². The van der Waals surface area contributed by atoms with Crippen LogP contribution in [-0.4, -0.2) is 53.7 Å². The second-order valence-corrected chi connectivity index (χ2v) is 11.9. The van der Waals surface area contributed by atoms with Gasteiger partial charge in [-0.1, -0.05) is 42.5 Å². The molecular weight excluding hydrogens is 566 g/mol. The summed E-state index contributed by atoms with van der Waals surface area (Å²) in [5.74, 6) is -0.708. The van der Waals surface area contributed by atoms with Crippen LogP contribution in [0, 0.1) is 0 Å². The summed E-state index contributed by atoms with van der Waals surface area (Å²) < 4.78 is 0. The Hall–Kier alpha value is -4.89. The predicted octanol–water partition coefficient (Wildman–Crippen LogP) is 4.99. The fourth-order valence-corrected chi connectivity index (χ4v) is 6.09. The zero-order chi connectivity index (χ0) is 31.8. The summed E-state index contributed by atoms with van der Waals surface area (Å²) in [5.41, 5.74) is 4.99. The quantitative estimate of drug-likeness (QED) is 0.275. The van der Waals surface area contributed by atoms with Gasteiger partial charge in [-0.25, -0.2) is 0 Å². The number of nitrogens with zero attached hydrogens (tertiary/aromatic N) is 3. The van der Waals surface area contributed by atoms with Crippen molar-refractivity contribution in [3.8, 4) is 0 Å². The summed E-state index contributed by atoms with van der Waals surface area (Å²) in [6.45, 7) is 5.23. The summed E-state index contributed by atoms with van der Waals surface area (Å²) in [5, 5.41) is 6.88. The normalized spacial score (nSPS) is 18.7. The third kappa shape index (κ3) is 5.71. The van der Waals surface area contributed by atoms with E-state index in [1.54, 1.807) is 55.0 Å². The highest BCUT2D eigenvalue weighted by Gasteiger charge is 2.43. The average molecular weight is 604 g/mol. The zero-order valence-corrected chi connectivity index (χ0v) is 25.9. The van der Waals surface area contributed by atoms with Crippen molar-refractivity contribution in [3.05, 3.63) is 101 Å². The van der Waals surface area contributed by atoms with E-state index in [2.05, 4.69) is 10.6 Å². The molecule has 2 heterocycles. The molecule has 230 valence electrons. The van der Waals surface area contributed by atoms with Crippen LogP contribution >= 0.6 is 0 Å². The van der Waals surface area contributed by atoms with Crippen LogP contribution in [0.2, 0.25) is 0 Å². The molecule has 0 spiro atoms. The van der Waals surface area contributed by atoms with E-state index >= 15 is 0 Å². The number of carbonyl (C=O) groups excluding carboxylic acids is 4. The van der Waals surface area contributed by atoms with Crippen LogP contribution < -0.4 is 20.4 Å². The molecule has 3 unspecified atom stereocenters. The molecule has 1 saturated carbocycles. The van der Waals surface area contributed by atoms with Crippen LogP contribution in [0.1, 0.15) is 71.4 Å². The Balaban J connectivity index is 1.50. The van der Waals surface area contributed by atoms with E-state index < -0.39 is 18.1 Å². The fourth-order valence-electron chi connectivity index (χ4n) is 6.09. The number of carbonyl (C=O) groups is 4. The van der Waals surface area contributed by atoms with E-state index in [1.807, 2.05) is 54.7 Å². The summed E-state index contributed by atoms with van der Waals surface area (Å²) in [6, 6.07) is 19.5. The Morgan fingerprint density at radius 2 is 1.58 bits per heavy atom. The van der Waals surface area contributed by atoms with Crippen molar-refractivity contribution in [2.45, 2.75) is 64.2 Å². The van der Waals surface area contributed by atoms with Crippen LogP contribution in [-0.2, 0) is 16.1 Å². The first-order chi connectivity index (χ1) is 21.7. The van der Waals surface area contributed by atoms with Crippen LogP contribution in [0.5, 0.6) is 0 Å². The molecule has 9 heteroatoms. The smallest absolute Gasteiger partial charge is 0.258 e. The number of benzene rings is 3. The molecule has 9 nitrogen and oxygen atoms in total. The van der Waals surface area contributed by atoms with Crippen molar-refractivity contribution in [1.82, 2.24) is 15.6 Å². The Bertz CT molecular complexity index is 1800. The third-order valence-electron chi connectivity index (χ3n) is 8.99. The molecule has 2 aliphatic rings. The van der Waals surface area contributed by atoms with Crippen LogP contribution in [0.3, 0.4) is 0 Å². The molecular formula is C36H37N5O4. The molecule has 1 aromatic heterocycles. The van der Waals surface area contributed by atoms with Crippen molar-refractivity contribution in [2.75, 3.05) is 16.8 Å². The number of ketones is 1. The minimum Gasteiger partial charge on any atom is -0.341 e. The van der Waals surface area contributed by atoms with Crippen molar-refractivity contribution in [2.24, 2.45) is 0 Å². The molecule has 3 aromatic carbocycles. The maximum Gasteiger partial charge on any atom is 0.258 e. The lowest BCUT2D eigenvalue weighted by molar-refractivity contribution is -0.128. The molecule has 4 aromatic rings. The van der Waals surface area contributed by atoms with Gasteiger partial charge in [-0.2, -0.15) is 0 Å². The highest BCUT2D eigenvalue weighted by atomic mass is 16.2. The molecule has 3 amide bonds. The number of Topliss-reactive ketones (excluding diaryl/α,β-unsaturated/α-hetero) is 1. The number of hydrogen-bond donors (Lipinski definition) is 2. The van der Waals surface area contributed by atoms with Gasteiger partial charge in [0, 0.05) is 22.7 Å². The predicted molar refractivity (Wildman–Crippen MR) is 175 cm³/mol. The summed E-state index contributed by atoms with van der Waals surface area (Å²) in [4.78, 5) is 62.2. The number of likely N-dealkylation sites (N-methyl/N-ethyl adjacent to an activating group) is 1. The van der Waals surface area contributed by atoms with Gasteiger partial charge in [0.15, 0.2) is 5.78 Å². The van der Waals surface area contributed by atoms with Crippen LogP contribution in [0.25, 0.3) is 10.9 Å². The first kappa shape index (κ1) is 30.1. The first-order valence-corrected chi connectivity index (χ1v) is 15.4. The Labute approximate surface area is 262 Å². The van der Waals surface area contributed by atoms with E-state index in [9.17, 15) is 19.2 Å². The SMILES string of the molecule is CNC(C)C(=O)NC1C(=O)N(Cc2c(C3CC3)cnc3ccccc23)c2ccccc2N(C(=O)c2ccc(C(C)=O)cc2)C1C. The molecule has 0 radical (unpaired) electrons. The molecule has 1 aliphatic heterocycles. The lowest BCUT2D eigenvalue weighted by Gasteiger charge is -2.32. The molecule has 1 fully saturated rings. The number of pyridine rings is 1. The van der Waals surface area contributed by atoms with Gasteiger partial charge in [0.05, 0.1) is 35.5 Å². The van der Waals surface area contributed by atoms with Gasteiger partial charge in [-0.05, 0) is 88.0 Å². The highest BCUT2D eigenvalue weighted by Crippen LogP contribution is 2.44. The molecule has 0 bridgehead atoms. The highest BCUT2D eigenvalue weighted by molar-refractivity contribution is 6.13. The summed E-state index contributed by atoms with van der Waals surface area (Å²) in [7, 11) is 1.68. The largest absolute Gasteiger partial charge is 0.341 e. The number of fused-ring (bicyclic) bond motifs is 2. The monoisotopic (exact) mass is 603 g/mol. The van der Waals surface area contributed by atoms with E-state index in [1.165, 1.54) is 6.92 Å². The van der Waals surface area contributed by atoms with Gasteiger partial charge in [0.2, 0.25) is 5.91 Å². The molecule has 0 saturated heterocycles. The molecule has 45 heavy (non-hydrogen) atoms. The molecule has 1 aliphatic carbocycles. The summed E-state index contributed by atoms with van der Waals surface area (Å²) in [6.07, 6.45) is 4.07. The fraction of sp³-hybridized carbons (Fsp3) is 0.306. The van der Waals surface area contributed by atoms with E-state index in [4.69, 9.17) is 4.98 Å². The maximum atomic E-state index is 14.7.